The molecule has 0 saturated carbocycles. The third kappa shape index (κ3) is 4.41. The number of anilines is 1. The van der Waals surface area contributed by atoms with Gasteiger partial charge in [0.2, 0.25) is 5.28 Å². The van der Waals surface area contributed by atoms with Crippen molar-refractivity contribution in [3.63, 3.8) is 0 Å². The van der Waals surface area contributed by atoms with Crippen LogP contribution in [0.5, 0.6) is 5.75 Å². The van der Waals surface area contributed by atoms with E-state index in [0.717, 1.165) is 0 Å². The summed E-state index contributed by atoms with van der Waals surface area (Å²) in [6.07, 6.45) is -3.10. The average molecular weight is 454 g/mol. The Balaban J connectivity index is 1.53. The highest BCUT2D eigenvalue weighted by atomic mass is 35.5. The molecule has 1 aromatic carbocycles. The Morgan fingerprint density at radius 1 is 1.26 bits per heavy atom. The van der Waals surface area contributed by atoms with E-state index in [1.807, 2.05) is 6.92 Å². The highest BCUT2D eigenvalue weighted by Crippen LogP contribution is 2.32. The number of halogens is 2. The predicted octanol–water partition coefficient (Wildman–Crippen LogP) is 1.11. The fraction of sp³-hybridized carbons (Fsp3) is 0.421. The smallest absolute Gasteiger partial charge is 0.226 e. The van der Waals surface area contributed by atoms with Gasteiger partial charge in [-0.05, 0) is 42.8 Å². The number of nitrogens with zero attached hydrogens (tertiary/aromatic N) is 4. The van der Waals surface area contributed by atoms with E-state index in [-0.39, 0.29) is 29.4 Å². The maximum atomic E-state index is 13.0. The van der Waals surface area contributed by atoms with E-state index in [4.69, 9.17) is 21.1 Å². The Bertz CT molecular complexity index is 1050. The van der Waals surface area contributed by atoms with E-state index >= 15 is 0 Å². The SMILES string of the molecule is C[C@H](COc1ccc(F)cc1)Nc1nc(Cl)nc2c1ncn2[C@@H]1O[C@H](CO)[C@@H](O)[C@H]1O. The topological polar surface area (TPSA) is 135 Å². The lowest BCUT2D eigenvalue weighted by Crippen LogP contribution is -2.33. The van der Waals surface area contributed by atoms with Crippen molar-refractivity contribution in [1.82, 2.24) is 19.5 Å². The van der Waals surface area contributed by atoms with Crippen LogP contribution in [0.3, 0.4) is 0 Å². The Morgan fingerprint density at radius 3 is 2.68 bits per heavy atom. The van der Waals surface area contributed by atoms with E-state index in [1.54, 1.807) is 0 Å². The minimum atomic E-state index is -1.29. The van der Waals surface area contributed by atoms with Crippen molar-refractivity contribution in [2.45, 2.75) is 37.5 Å². The fourth-order valence-electron chi connectivity index (χ4n) is 3.31. The van der Waals surface area contributed by atoms with E-state index in [9.17, 15) is 19.7 Å². The molecule has 0 bridgehead atoms. The van der Waals surface area contributed by atoms with Gasteiger partial charge in [-0.1, -0.05) is 0 Å². The zero-order valence-corrected chi connectivity index (χ0v) is 17.1. The minimum absolute atomic E-state index is 0.0600. The van der Waals surface area contributed by atoms with Crippen LogP contribution >= 0.6 is 11.6 Å². The molecule has 1 fully saturated rings. The van der Waals surface area contributed by atoms with Crippen LogP contribution in [0.25, 0.3) is 11.2 Å². The molecule has 12 heteroatoms. The van der Waals surface area contributed by atoms with Crippen molar-refractivity contribution in [3.8, 4) is 5.75 Å². The van der Waals surface area contributed by atoms with Gasteiger partial charge in [-0.15, -0.1) is 0 Å². The fourth-order valence-corrected chi connectivity index (χ4v) is 3.48. The number of imidazole rings is 1. The van der Waals surface area contributed by atoms with Crippen LogP contribution in [-0.4, -0.2) is 72.4 Å². The highest BCUT2D eigenvalue weighted by Gasteiger charge is 2.44. The third-order valence-corrected chi connectivity index (χ3v) is 5.05. The van der Waals surface area contributed by atoms with Crippen molar-refractivity contribution in [2.75, 3.05) is 18.5 Å². The van der Waals surface area contributed by atoms with E-state index in [0.29, 0.717) is 17.1 Å². The zero-order chi connectivity index (χ0) is 22.1. The van der Waals surface area contributed by atoms with Crippen LogP contribution in [-0.2, 0) is 4.74 Å². The Morgan fingerprint density at radius 2 is 2.00 bits per heavy atom. The first-order chi connectivity index (χ1) is 14.9. The summed E-state index contributed by atoms with van der Waals surface area (Å²) >= 11 is 6.09. The Kier molecular flexibility index (Phi) is 6.21. The number of rotatable bonds is 7. The number of hydrogen-bond donors (Lipinski definition) is 4. The number of nitrogens with one attached hydrogen (secondary N) is 1. The zero-order valence-electron chi connectivity index (χ0n) is 16.4. The number of hydrogen-bond acceptors (Lipinski definition) is 9. The largest absolute Gasteiger partial charge is 0.491 e. The first-order valence-corrected chi connectivity index (χ1v) is 9.92. The summed E-state index contributed by atoms with van der Waals surface area (Å²) in [6, 6.07) is 5.46. The van der Waals surface area contributed by atoms with Gasteiger partial charge >= 0.3 is 0 Å². The summed E-state index contributed by atoms with van der Waals surface area (Å²) < 4.78 is 25.6. The molecule has 3 heterocycles. The number of benzene rings is 1. The summed E-state index contributed by atoms with van der Waals surface area (Å²) in [5.74, 6) is 0.520. The number of ether oxygens (including phenoxy) is 2. The lowest BCUT2D eigenvalue weighted by molar-refractivity contribution is -0.0511. The summed E-state index contributed by atoms with van der Waals surface area (Å²) in [5, 5.41) is 32.7. The summed E-state index contributed by atoms with van der Waals surface area (Å²) in [7, 11) is 0. The molecule has 0 aliphatic carbocycles. The van der Waals surface area contributed by atoms with Crippen LogP contribution < -0.4 is 10.1 Å². The maximum absolute atomic E-state index is 13.0. The first kappa shape index (κ1) is 21.7. The van der Waals surface area contributed by atoms with Crippen LogP contribution in [0.15, 0.2) is 30.6 Å². The quantitative estimate of drug-likeness (QED) is 0.388. The monoisotopic (exact) mass is 453 g/mol. The Labute approximate surface area is 181 Å². The molecule has 4 rings (SSSR count). The summed E-state index contributed by atoms with van der Waals surface area (Å²) in [5.41, 5.74) is 0.653. The van der Waals surface area contributed by atoms with Gasteiger partial charge in [0.05, 0.1) is 19.0 Å². The van der Waals surface area contributed by atoms with Crippen molar-refractivity contribution in [1.29, 1.82) is 0 Å². The van der Waals surface area contributed by atoms with Gasteiger partial charge in [-0.3, -0.25) is 4.57 Å². The highest BCUT2D eigenvalue weighted by molar-refractivity contribution is 6.28. The number of aromatic nitrogens is 4. The van der Waals surface area contributed by atoms with Crippen LogP contribution in [0.4, 0.5) is 10.2 Å². The molecule has 0 amide bonds. The molecule has 2 aromatic heterocycles. The molecule has 31 heavy (non-hydrogen) atoms. The van der Waals surface area contributed by atoms with Crippen LogP contribution in [0.2, 0.25) is 5.28 Å². The second-order valence-electron chi connectivity index (χ2n) is 7.20. The standard InChI is InChI=1S/C19H21ClFN5O5/c1-9(7-30-11-4-2-10(21)3-5-11)23-16-13-17(25-19(20)24-16)26(8-22-13)18-15(29)14(28)12(6-27)31-18/h2-5,8-9,12,14-15,18,27-29H,6-7H2,1H3,(H,23,24,25)/t9-,12-,14-,15-,18-/m1/s1. The van der Waals surface area contributed by atoms with Gasteiger partial charge in [0.15, 0.2) is 23.2 Å². The van der Waals surface area contributed by atoms with E-state index in [1.165, 1.54) is 35.2 Å². The van der Waals surface area contributed by atoms with Crippen LogP contribution in [0.1, 0.15) is 13.2 Å². The normalized spacial score (nSPS) is 24.5. The predicted molar refractivity (Wildman–Crippen MR) is 108 cm³/mol. The molecule has 1 aliphatic heterocycles. The second-order valence-corrected chi connectivity index (χ2v) is 7.54. The van der Waals surface area contributed by atoms with Gasteiger partial charge in [-0.25, -0.2) is 9.37 Å². The molecular formula is C19H21ClFN5O5. The lowest BCUT2D eigenvalue weighted by Gasteiger charge is -2.18. The first-order valence-electron chi connectivity index (χ1n) is 9.54. The lowest BCUT2D eigenvalue weighted by atomic mass is 10.1. The molecule has 1 saturated heterocycles. The summed E-state index contributed by atoms with van der Waals surface area (Å²) in [6.45, 7) is 1.66. The molecular weight excluding hydrogens is 433 g/mol. The number of aliphatic hydroxyl groups excluding tert-OH is 3. The molecule has 166 valence electrons. The molecule has 1 aliphatic rings. The van der Waals surface area contributed by atoms with Crippen molar-refractivity contribution in [2.24, 2.45) is 0 Å². The van der Waals surface area contributed by atoms with Gasteiger partial charge in [0, 0.05) is 0 Å². The van der Waals surface area contributed by atoms with Gasteiger partial charge in [0.25, 0.3) is 0 Å². The molecule has 0 unspecified atom stereocenters. The third-order valence-electron chi connectivity index (χ3n) is 4.88. The average Bonchev–Trinajstić information content (AvgIpc) is 3.28. The molecule has 0 radical (unpaired) electrons. The molecule has 10 nitrogen and oxygen atoms in total. The molecule has 0 spiro atoms. The molecule has 3 aromatic rings. The van der Waals surface area contributed by atoms with E-state index < -0.39 is 31.1 Å². The maximum Gasteiger partial charge on any atom is 0.226 e. The van der Waals surface area contributed by atoms with E-state index in [2.05, 4.69) is 20.3 Å². The Hall–Kier alpha value is -2.57. The van der Waals surface area contributed by atoms with Crippen molar-refractivity contribution < 1.29 is 29.2 Å². The second kappa shape index (κ2) is 8.89. The number of fused-ring (bicyclic) bond motifs is 1. The van der Waals surface area contributed by atoms with Gasteiger partial charge in [0.1, 0.15) is 36.5 Å². The number of aliphatic hydroxyl groups is 3. The van der Waals surface area contributed by atoms with Crippen LogP contribution in [0, 0.1) is 5.82 Å². The van der Waals surface area contributed by atoms with Gasteiger partial charge in [-0.2, -0.15) is 9.97 Å². The van der Waals surface area contributed by atoms with Crippen molar-refractivity contribution >= 4 is 28.6 Å². The summed E-state index contributed by atoms with van der Waals surface area (Å²) in [4.78, 5) is 12.7. The minimum Gasteiger partial charge on any atom is -0.491 e. The molecule has 5 atom stereocenters. The van der Waals surface area contributed by atoms with Gasteiger partial charge < -0.3 is 30.1 Å². The molecule has 4 N–H and O–H groups in total. The van der Waals surface area contributed by atoms with Crippen molar-refractivity contribution in [3.05, 3.63) is 41.7 Å².